The number of hydrogen-bond acceptors (Lipinski definition) is 5. The summed E-state index contributed by atoms with van der Waals surface area (Å²) in [4.78, 5) is 12.5. The van der Waals surface area contributed by atoms with Crippen LogP contribution < -0.4 is 4.72 Å². The molecule has 1 N–H and O–H groups in total. The van der Waals surface area contributed by atoms with Crippen molar-refractivity contribution in [1.29, 1.82) is 0 Å². The van der Waals surface area contributed by atoms with E-state index in [9.17, 15) is 13.2 Å². The lowest BCUT2D eigenvalue weighted by atomic mass is 10.2. The molecule has 2 aromatic carbocycles. The molecule has 3 aromatic rings. The van der Waals surface area contributed by atoms with E-state index in [1.54, 1.807) is 31.2 Å². The Hall–Kier alpha value is -2.35. The smallest absolute Gasteiger partial charge is 0.338 e. The predicted molar refractivity (Wildman–Crippen MR) is 108 cm³/mol. The van der Waals surface area contributed by atoms with Crippen LogP contribution in [0.15, 0.2) is 64.9 Å². The quantitative estimate of drug-likeness (QED) is 0.565. The van der Waals surface area contributed by atoms with Crippen LogP contribution >= 0.6 is 22.9 Å². The highest BCUT2D eigenvalue weighted by molar-refractivity contribution is 7.94. The Kier molecular flexibility index (Phi) is 5.84. The molecule has 1 aromatic heterocycles. The van der Waals surface area contributed by atoms with Gasteiger partial charge >= 0.3 is 5.97 Å². The van der Waals surface area contributed by atoms with Gasteiger partial charge in [0.15, 0.2) is 0 Å². The van der Waals surface area contributed by atoms with Gasteiger partial charge in [-0.3, -0.25) is 4.72 Å². The Balaban J connectivity index is 1.77. The number of carbonyl (C=O) groups is 1. The third kappa shape index (κ3) is 4.68. The summed E-state index contributed by atoms with van der Waals surface area (Å²) in [7, 11) is -3.73. The zero-order valence-electron chi connectivity index (χ0n) is 14.3. The van der Waals surface area contributed by atoms with E-state index in [1.807, 2.05) is 12.1 Å². The molecule has 140 valence electrons. The first kappa shape index (κ1) is 19.4. The van der Waals surface area contributed by atoms with Gasteiger partial charge in [-0.2, -0.15) is 0 Å². The van der Waals surface area contributed by atoms with E-state index in [0.29, 0.717) is 16.3 Å². The first-order valence-electron chi connectivity index (χ1n) is 8.05. The van der Waals surface area contributed by atoms with Crippen molar-refractivity contribution in [2.24, 2.45) is 0 Å². The van der Waals surface area contributed by atoms with Gasteiger partial charge in [-0.25, -0.2) is 13.2 Å². The van der Waals surface area contributed by atoms with Crippen LogP contribution in [0.3, 0.4) is 0 Å². The molecular formula is C19H16ClNO4S2. The van der Waals surface area contributed by atoms with Crippen molar-refractivity contribution in [3.05, 3.63) is 71.2 Å². The van der Waals surface area contributed by atoms with Crippen molar-refractivity contribution < 1.29 is 17.9 Å². The molecule has 0 aliphatic carbocycles. The zero-order valence-corrected chi connectivity index (χ0v) is 16.7. The number of rotatable bonds is 6. The van der Waals surface area contributed by atoms with E-state index < -0.39 is 16.0 Å². The summed E-state index contributed by atoms with van der Waals surface area (Å²) in [5, 5.41) is 0.621. The highest BCUT2D eigenvalue weighted by Gasteiger charge is 2.18. The molecule has 0 saturated heterocycles. The summed E-state index contributed by atoms with van der Waals surface area (Å²) in [6, 6.07) is 16.6. The fourth-order valence-electron chi connectivity index (χ4n) is 2.33. The van der Waals surface area contributed by atoms with E-state index in [-0.39, 0.29) is 10.8 Å². The maximum absolute atomic E-state index is 12.6. The number of carbonyl (C=O) groups excluding carboxylic acids is 1. The molecule has 0 radical (unpaired) electrons. The molecule has 8 heteroatoms. The third-order valence-corrected chi connectivity index (χ3v) is 6.88. The second kappa shape index (κ2) is 8.12. The minimum absolute atomic E-state index is 0.196. The Morgan fingerprint density at radius 1 is 1.04 bits per heavy atom. The van der Waals surface area contributed by atoms with Crippen LogP contribution in [0.4, 0.5) is 5.69 Å². The summed E-state index contributed by atoms with van der Waals surface area (Å²) < 4.78 is 32.8. The Morgan fingerprint density at radius 2 is 1.70 bits per heavy atom. The number of esters is 1. The first-order chi connectivity index (χ1) is 12.9. The number of ether oxygens (including phenoxy) is 1. The van der Waals surface area contributed by atoms with E-state index in [1.165, 1.54) is 35.6 Å². The maximum Gasteiger partial charge on any atom is 0.338 e. The van der Waals surface area contributed by atoms with E-state index >= 15 is 0 Å². The normalized spacial score (nSPS) is 11.2. The minimum atomic E-state index is -3.73. The molecule has 5 nitrogen and oxygen atoms in total. The fourth-order valence-corrected chi connectivity index (χ4v) is 4.82. The third-order valence-electron chi connectivity index (χ3n) is 3.62. The number of thiophene rings is 1. The fraction of sp³-hybridized carbons (Fsp3) is 0.105. The zero-order chi connectivity index (χ0) is 19.4. The van der Waals surface area contributed by atoms with E-state index in [4.69, 9.17) is 16.3 Å². The highest BCUT2D eigenvalue weighted by atomic mass is 35.5. The summed E-state index contributed by atoms with van der Waals surface area (Å²) in [5.41, 5.74) is 1.62. The van der Waals surface area contributed by atoms with Gasteiger partial charge in [-0.1, -0.05) is 23.7 Å². The molecule has 27 heavy (non-hydrogen) atoms. The molecule has 0 spiro atoms. The van der Waals surface area contributed by atoms with Crippen molar-refractivity contribution in [2.75, 3.05) is 11.3 Å². The maximum atomic E-state index is 12.6. The van der Waals surface area contributed by atoms with Gasteiger partial charge in [0, 0.05) is 15.6 Å². The first-order valence-corrected chi connectivity index (χ1v) is 10.7. The van der Waals surface area contributed by atoms with E-state index in [0.717, 1.165) is 10.4 Å². The molecule has 0 amide bonds. The van der Waals surface area contributed by atoms with Crippen molar-refractivity contribution in [3.8, 4) is 10.4 Å². The summed E-state index contributed by atoms with van der Waals surface area (Å²) in [5.74, 6) is -0.447. The van der Waals surface area contributed by atoms with Gasteiger partial charge in [0.1, 0.15) is 4.21 Å². The van der Waals surface area contributed by atoms with Gasteiger partial charge in [0.05, 0.1) is 12.2 Å². The lowest BCUT2D eigenvalue weighted by Gasteiger charge is -2.07. The standard InChI is InChI=1S/C19H16ClNO4S2/c1-2-25-19(22)14-5-9-16(10-6-14)21-27(23,24)18-12-11-17(26-18)13-3-7-15(20)8-4-13/h3-12,21H,2H2,1H3. The Labute approximate surface area is 166 Å². The number of sulfonamides is 1. The van der Waals surface area contributed by atoms with Crippen LogP contribution in [-0.2, 0) is 14.8 Å². The average Bonchev–Trinajstić information content (AvgIpc) is 3.14. The van der Waals surface area contributed by atoms with Gasteiger partial charge in [-0.15, -0.1) is 11.3 Å². The van der Waals surface area contributed by atoms with Crippen LogP contribution in [0.5, 0.6) is 0 Å². The van der Waals surface area contributed by atoms with Gasteiger partial charge in [-0.05, 0) is 61.0 Å². The number of anilines is 1. The summed E-state index contributed by atoms with van der Waals surface area (Å²) in [6.07, 6.45) is 0. The molecular weight excluding hydrogens is 406 g/mol. The van der Waals surface area contributed by atoms with Crippen LogP contribution in [0.1, 0.15) is 17.3 Å². The van der Waals surface area contributed by atoms with Crippen LogP contribution in [0, 0.1) is 0 Å². The largest absolute Gasteiger partial charge is 0.462 e. The van der Waals surface area contributed by atoms with Gasteiger partial charge in [0.25, 0.3) is 10.0 Å². The molecule has 0 unspecified atom stereocenters. The average molecular weight is 422 g/mol. The number of hydrogen-bond donors (Lipinski definition) is 1. The van der Waals surface area contributed by atoms with Crippen molar-refractivity contribution in [1.82, 2.24) is 0 Å². The Morgan fingerprint density at radius 3 is 2.33 bits per heavy atom. The van der Waals surface area contributed by atoms with Crippen molar-refractivity contribution >= 4 is 44.6 Å². The lowest BCUT2D eigenvalue weighted by molar-refractivity contribution is 0.0526. The molecule has 0 fully saturated rings. The highest BCUT2D eigenvalue weighted by Crippen LogP contribution is 2.32. The SMILES string of the molecule is CCOC(=O)c1ccc(NS(=O)(=O)c2ccc(-c3ccc(Cl)cc3)s2)cc1. The molecule has 1 heterocycles. The number of benzene rings is 2. The Bertz CT molecular complexity index is 1040. The minimum Gasteiger partial charge on any atom is -0.462 e. The predicted octanol–water partition coefficient (Wildman–Crippen LogP) is 5.05. The van der Waals surface area contributed by atoms with Crippen LogP contribution in [0.25, 0.3) is 10.4 Å². The molecule has 0 aliphatic rings. The molecule has 0 saturated carbocycles. The van der Waals surface area contributed by atoms with E-state index in [2.05, 4.69) is 4.72 Å². The summed E-state index contributed by atoms with van der Waals surface area (Å²) >= 11 is 7.05. The molecule has 0 aliphatic heterocycles. The summed E-state index contributed by atoms with van der Waals surface area (Å²) in [6.45, 7) is 2.00. The second-order valence-corrected chi connectivity index (χ2v) is 8.96. The second-order valence-electron chi connectivity index (χ2n) is 5.53. The van der Waals surface area contributed by atoms with Crippen molar-refractivity contribution in [3.63, 3.8) is 0 Å². The molecule has 0 atom stereocenters. The van der Waals surface area contributed by atoms with Crippen molar-refractivity contribution in [2.45, 2.75) is 11.1 Å². The monoisotopic (exact) mass is 421 g/mol. The topological polar surface area (TPSA) is 72.5 Å². The van der Waals surface area contributed by atoms with Crippen LogP contribution in [0.2, 0.25) is 5.02 Å². The van der Waals surface area contributed by atoms with Gasteiger partial charge in [0.2, 0.25) is 0 Å². The van der Waals surface area contributed by atoms with Crippen LogP contribution in [-0.4, -0.2) is 21.0 Å². The number of nitrogens with one attached hydrogen (secondary N) is 1. The molecule has 0 bridgehead atoms. The lowest BCUT2D eigenvalue weighted by Crippen LogP contribution is -2.11. The molecule has 3 rings (SSSR count). The van der Waals surface area contributed by atoms with Gasteiger partial charge < -0.3 is 4.74 Å². The number of halogens is 1.